The van der Waals surface area contributed by atoms with Gasteiger partial charge in [-0.15, -0.1) is 13.2 Å². The predicted octanol–water partition coefficient (Wildman–Crippen LogP) is 3.70. The van der Waals surface area contributed by atoms with Crippen LogP contribution in [-0.2, 0) is 0 Å². The predicted molar refractivity (Wildman–Crippen MR) is 95.8 cm³/mol. The summed E-state index contributed by atoms with van der Waals surface area (Å²) in [7, 11) is 0. The lowest BCUT2D eigenvalue weighted by atomic mass is 10.1. The Hall–Kier alpha value is -2.13. The summed E-state index contributed by atoms with van der Waals surface area (Å²) in [5, 5.41) is 2.86. The molecule has 0 radical (unpaired) electrons. The topological polar surface area (TPSA) is 54.7 Å². The van der Waals surface area contributed by atoms with Crippen molar-refractivity contribution in [3.05, 3.63) is 54.0 Å². The number of rotatable bonds is 6. The first-order valence-corrected chi connectivity index (χ1v) is 9.56. The molecule has 9 heteroatoms. The van der Waals surface area contributed by atoms with Gasteiger partial charge in [-0.1, -0.05) is 0 Å². The molecule has 1 aliphatic heterocycles. The molecule has 1 amide bonds. The normalized spacial score (nSPS) is 16.7. The molecule has 2 aromatic rings. The molecule has 2 heterocycles. The molecule has 1 unspecified atom stereocenters. The highest BCUT2D eigenvalue weighted by Crippen LogP contribution is 2.25. The molecule has 0 spiro atoms. The van der Waals surface area contributed by atoms with Crippen LogP contribution in [0.25, 0.3) is 0 Å². The average Bonchev–Trinajstić information content (AvgIpc) is 3.16. The maximum atomic E-state index is 12.4. The molecule has 1 fully saturated rings. The van der Waals surface area contributed by atoms with E-state index in [1.54, 1.807) is 12.5 Å². The van der Waals surface area contributed by atoms with Crippen molar-refractivity contribution in [3.8, 4) is 5.75 Å². The average molecular weight is 400 g/mol. The number of nitrogens with zero attached hydrogens (tertiary/aromatic N) is 1. The second-order valence-electron chi connectivity index (χ2n) is 6.00. The van der Waals surface area contributed by atoms with Gasteiger partial charge in [0.05, 0.1) is 18.6 Å². The summed E-state index contributed by atoms with van der Waals surface area (Å²) in [6.45, 7) is 2.21. The van der Waals surface area contributed by atoms with E-state index in [1.807, 2.05) is 17.8 Å². The summed E-state index contributed by atoms with van der Waals surface area (Å²) >= 11 is 1.90. The zero-order chi connectivity index (χ0) is 19.3. The van der Waals surface area contributed by atoms with Crippen LogP contribution < -0.4 is 10.1 Å². The van der Waals surface area contributed by atoms with Crippen LogP contribution in [0.3, 0.4) is 0 Å². The third-order valence-corrected chi connectivity index (χ3v) is 5.16. The van der Waals surface area contributed by atoms with Crippen molar-refractivity contribution in [2.45, 2.75) is 12.4 Å². The van der Waals surface area contributed by atoms with Crippen LogP contribution >= 0.6 is 11.8 Å². The second-order valence-corrected chi connectivity index (χ2v) is 7.23. The molecular weight excluding hydrogens is 381 g/mol. The van der Waals surface area contributed by atoms with Crippen LogP contribution in [0.15, 0.2) is 47.3 Å². The Labute approximate surface area is 158 Å². The standard InChI is InChI=1S/C18H19F3N2O3S/c19-18(20,21)26-15-3-1-13(2-4-15)17(24)22-11-16(14-5-8-25-12-14)23-6-9-27-10-7-23/h1-5,8,12,16H,6-7,9-11H2,(H,22,24). The van der Waals surface area contributed by atoms with Gasteiger partial charge in [0.1, 0.15) is 5.75 Å². The van der Waals surface area contributed by atoms with E-state index in [0.29, 0.717) is 6.54 Å². The van der Waals surface area contributed by atoms with Crippen molar-refractivity contribution in [2.24, 2.45) is 0 Å². The van der Waals surface area contributed by atoms with E-state index < -0.39 is 6.36 Å². The third kappa shape index (κ3) is 5.67. The first-order chi connectivity index (χ1) is 12.9. The molecule has 1 N–H and O–H groups in total. The van der Waals surface area contributed by atoms with Crippen molar-refractivity contribution in [3.63, 3.8) is 0 Å². The smallest absolute Gasteiger partial charge is 0.472 e. The summed E-state index contributed by atoms with van der Waals surface area (Å²) in [6, 6.07) is 6.72. The van der Waals surface area contributed by atoms with Gasteiger partial charge in [-0.3, -0.25) is 9.69 Å². The van der Waals surface area contributed by atoms with Gasteiger partial charge >= 0.3 is 6.36 Å². The van der Waals surface area contributed by atoms with E-state index in [1.165, 1.54) is 12.1 Å². The fourth-order valence-electron chi connectivity index (χ4n) is 2.91. The highest BCUT2D eigenvalue weighted by atomic mass is 32.2. The number of benzene rings is 1. The van der Waals surface area contributed by atoms with Gasteiger partial charge in [-0.05, 0) is 30.3 Å². The number of halogens is 3. The molecule has 1 saturated heterocycles. The first kappa shape index (κ1) is 19.6. The maximum Gasteiger partial charge on any atom is 0.573 e. The molecule has 27 heavy (non-hydrogen) atoms. The zero-order valence-electron chi connectivity index (χ0n) is 14.4. The molecule has 1 aromatic heterocycles. The van der Waals surface area contributed by atoms with Crippen LogP contribution in [-0.4, -0.2) is 48.3 Å². The number of furan rings is 1. The lowest BCUT2D eigenvalue weighted by Crippen LogP contribution is -2.41. The van der Waals surface area contributed by atoms with E-state index in [-0.39, 0.29) is 23.3 Å². The SMILES string of the molecule is O=C(NCC(c1ccoc1)N1CCSCC1)c1ccc(OC(F)(F)F)cc1. The number of hydrogen-bond acceptors (Lipinski definition) is 5. The number of amides is 1. The van der Waals surface area contributed by atoms with Gasteiger partial charge in [0, 0.05) is 42.3 Å². The van der Waals surface area contributed by atoms with Crippen molar-refractivity contribution in [1.82, 2.24) is 10.2 Å². The molecule has 3 rings (SSSR count). The molecule has 0 saturated carbocycles. The second kappa shape index (κ2) is 8.71. The zero-order valence-corrected chi connectivity index (χ0v) is 15.2. The number of carbonyl (C=O) groups excluding carboxylic acids is 1. The fourth-order valence-corrected chi connectivity index (χ4v) is 3.84. The van der Waals surface area contributed by atoms with Crippen LogP contribution in [0, 0.1) is 0 Å². The van der Waals surface area contributed by atoms with Gasteiger partial charge in [0.2, 0.25) is 0 Å². The summed E-state index contributed by atoms with van der Waals surface area (Å²) in [5.74, 6) is 1.35. The Morgan fingerprint density at radius 3 is 2.52 bits per heavy atom. The van der Waals surface area contributed by atoms with E-state index >= 15 is 0 Å². The van der Waals surface area contributed by atoms with Gasteiger partial charge in [0.25, 0.3) is 5.91 Å². The van der Waals surface area contributed by atoms with Crippen molar-refractivity contribution in [2.75, 3.05) is 31.1 Å². The first-order valence-electron chi connectivity index (χ1n) is 8.40. The highest BCUT2D eigenvalue weighted by molar-refractivity contribution is 7.99. The number of ether oxygens (including phenoxy) is 1. The van der Waals surface area contributed by atoms with Crippen molar-refractivity contribution in [1.29, 1.82) is 0 Å². The van der Waals surface area contributed by atoms with Gasteiger partial charge < -0.3 is 14.5 Å². The fraction of sp³-hybridized carbons (Fsp3) is 0.389. The lowest BCUT2D eigenvalue weighted by molar-refractivity contribution is -0.274. The van der Waals surface area contributed by atoms with E-state index in [0.717, 1.165) is 42.3 Å². The van der Waals surface area contributed by atoms with Crippen LogP contribution in [0.5, 0.6) is 5.75 Å². The Morgan fingerprint density at radius 2 is 1.93 bits per heavy atom. The van der Waals surface area contributed by atoms with Crippen molar-refractivity contribution < 1.29 is 27.1 Å². The minimum Gasteiger partial charge on any atom is -0.472 e. The maximum absolute atomic E-state index is 12.4. The number of hydrogen-bond donors (Lipinski definition) is 1. The molecule has 1 aromatic carbocycles. The summed E-state index contributed by atoms with van der Waals surface area (Å²) in [4.78, 5) is 14.7. The van der Waals surface area contributed by atoms with E-state index in [4.69, 9.17) is 4.42 Å². The van der Waals surface area contributed by atoms with Gasteiger partial charge in [0.15, 0.2) is 0 Å². The third-order valence-electron chi connectivity index (χ3n) is 4.22. The molecule has 0 bridgehead atoms. The molecule has 0 aliphatic carbocycles. The van der Waals surface area contributed by atoms with Crippen LogP contribution in [0.4, 0.5) is 13.2 Å². The summed E-state index contributed by atoms with van der Waals surface area (Å²) in [5.41, 5.74) is 1.25. The number of nitrogens with one attached hydrogen (secondary N) is 1. The Morgan fingerprint density at radius 1 is 1.22 bits per heavy atom. The highest BCUT2D eigenvalue weighted by Gasteiger charge is 2.31. The number of alkyl halides is 3. The molecule has 5 nitrogen and oxygen atoms in total. The Bertz CT molecular complexity index is 729. The number of thioether (sulfide) groups is 1. The largest absolute Gasteiger partial charge is 0.573 e. The van der Waals surface area contributed by atoms with Gasteiger partial charge in [-0.2, -0.15) is 11.8 Å². The Kier molecular flexibility index (Phi) is 6.33. The quantitative estimate of drug-likeness (QED) is 0.802. The monoisotopic (exact) mass is 400 g/mol. The van der Waals surface area contributed by atoms with Crippen LogP contribution in [0.1, 0.15) is 22.0 Å². The number of carbonyl (C=O) groups is 1. The van der Waals surface area contributed by atoms with Gasteiger partial charge in [-0.25, -0.2) is 0 Å². The van der Waals surface area contributed by atoms with E-state index in [9.17, 15) is 18.0 Å². The molecule has 1 atom stereocenters. The minimum atomic E-state index is -4.76. The summed E-state index contributed by atoms with van der Waals surface area (Å²) < 4.78 is 45.6. The van der Waals surface area contributed by atoms with Crippen molar-refractivity contribution >= 4 is 17.7 Å². The summed E-state index contributed by atoms with van der Waals surface area (Å²) in [6.07, 6.45) is -1.49. The van der Waals surface area contributed by atoms with Crippen LogP contribution in [0.2, 0.25) is 0 Å². The molecular formula is C18H19F3N2O3S. The minimum absolute atomic E-state index is 0.0126. The Balaban J connectivity index is 1.62. The lowest BCUT2D eigenvalue weighted by Gasteiger charge is -2.34. The molecule has 146 valence electrons. The molecule has 1 aliphatic rings. The van der Waals surface area contributed by atoms with E-state index in [2.05, 4.69) is 15.0 Å².